The van der Waals surface area contributed by atoms with Crippen molar-refractivity contribution in [3.05, 3.63) is 33.7 Å². The maximum Gasteiger partial charge on any atom is 0.260 e. The molecule has 1 aromatic heterocycles. The van der Waals surface area contributed by atoms with Crippen LogP contribution < -0.4 is 10.9 Å². The first-order valence-corrected chi connectivity index (χ1v) is 5.55. The van der Waals surface area contributed by atoms with Crippen molar-refractivity contribution in [3.8, 4) is 12.3 Å². The van der Waals surface area contributed by atoms with Crippen molar-refractivity contribution in [3.63, 3.8) is 0 Å². The van der Waals surface area contributed by atoms with Gasteiger partial charge in [0.05, 0.1) is 6.04 Å². The first-order valence-electron chi connectivity index (χ1n) is 5.55. The molecule has 1 unspecified atom stereocenters. The summed E-state index contributed by atoms with van der Waals surface area (Å²) in [5.74, 6) is 2.06. The maximum atomic E-state index is 11.8. The van der Waals surface area contributed by atoms with Crippen molar-refractivity contribution in [2.24, 2.45) is 0 Å². The van der Waals surface area contributed by atoms with Crippen LogP contribution >= 0.6 is 0 Å². The molecule has 4 nitrogen and oxygen atoms in total. The summed E-state index contributed by atoms with van der Waals surface area (Å²) in [6, 6.07) is 2.86. The molecule has 0 fully saturated rings. The molecular formula is C13H16N2O2. The number of carbonyl (C=O) groups excluding carboxylic acids is 1. The number of H-pyrrole nitrogens is 1. The lowest BCUT2D eigenvalue weighted by Crippen LogP contribution is -2.36. The number of aryl methyl sites for hydroxylation is 1. The second kappa shape index (κ2) is 5.90. The predicted molar refractivity (Wildman–Crippen MR) is 66.8 cm³/mol. The highest BCUT2D eigenvalue weighted by Crippen LogP contribution is 1.98. The van der Waals surface area contributed by atoms with E-state index in [1.807, 2.05) is 6.92 Å². The summed E-state index contributed by atoms with van der Waals surface area (Å²) >= 11 is 0. The Morgan fingerprint density at radius 2 is 2.29 bits per heavy atom. The molecule has 0 saturated heterocycles. The number of pyridine rings is 1. The lowest BCUT2D eigenvalue weighted by molar-refractivity contribution is 0.0942. The minimum Gasteiger partial charge on any atom is -0.338 e. The SMILES string of the molecule is C#CC(CCC)NC(=O)c1ccc(C)[nH]c1=O. The molecule has 0 radical (unpaired) electrons. The fourth-order valence-electron chi connectivity index (χ4n) is 1.47. The van der Waals surface area contributed by atoms with Crippen LogP contribution in [0.15, 0.2) is 16.9 Å². The summed E-state index contributed by atoms with van der Waals surface area (Å²) in [4.78, 5) is 25.9. The van der Waals surface area contributed by atoms with E-state index >= 15 is 0 Å². The molecule has 2 N–H and O–H groups in total. The zero-order chi connectivity index (χ0) is 12.8. The van der Waals surface area contributed by atoms with Crippen molar-refractivity contribution in [2.75, 3.05) is 0 Å². The van der Waals surface area contributed by atoms with E-state index in [1.165, 1.54) is 6.07 Å². The van der Waals surface area contributed by atoms with Crippen LogP contribution in [0, 0.1) is 19.3 Å². The van der Waals surface area contributed by atoms with Gasteiger partial charge in [-0.15, -0.1) is 6.42 Å². The first-order chi connectivity index (χ1) is 8.08. The van der Waals surface area contributed by atoms with Crippen molar-refractivity contribution < 1.29 is 4.79 Å². The van der Waals surface area contributed by atoms with Gasteiger partial charge in [-0.25, -0.2) is 0 Å². The summed E-state index contributed by atoms with van der Waals surface area (Å²) < 4.78 is 0. The summed E-state index contributed by atoms with van der Waals surface area (Å²) in [5, 5.41) is 2.65. The van der Waals surface area contributed by atoms with Crippen LogP contribution in [0.2, 0.25) is 0 Å². The molecule has 1 aromatic rings. The summed E-state index contributed by atoms with van der Waals surface area (Å²) in [5.41, 5.74) is 0.412. The number of hydrogen-bond acceptors (Lipinski definition) is 2. The molecule has 1 amide bonds. The molecule has 1 heterocycles. The van der Waals surface area contributed by atoms with E-state index < -0.39 is 11.5 Å². The van der Waals surface area contributed by atoms with Crippen LogP contribution in [-0.2, 0) is 0 Å². The van der Waals surface area contributed by atoms with Gasteiger partial charge in [-0.3, -0.25) is 9.59 Å². The molecule has 0 aliphatic carbocycles. The Morgan fingerprint density at radius 1 is 1.59 bits per heavy atom. The highest BCUT2D eigenvalue weighted by molar-refractivity contribution is 5.94. The molecule has 0 bridgehead atoms. The highest BCUT2D eigenvalue weighted by Gasteiger charge is 2.13. The van der Waals surface area contributed by atoms with Gasteiger partial charge in [0.1, 0.15) is 5.56 Å². The van der Waals surface area contributed by atoms with Crippen LogP contribution in [-0.4, -0.2) is 16.9 Å². The minimum atomic E-state index is -0.428. The number of amides is 1. The van der Waals surface area contributed by atoms with Crippen LogP contribution in [0.4, 0.5) is 0 Å². The van der Waals surface area contributed by atoms with E-state index in [-0.39, 0.29) is 11.6 Å². The summed E-state index contributed by atoms with van der Waals surface area (Å²) in [7, 11) is 0. The van der Waals surface area contributed by atoms with E-state index in [4.69, 9.17) is 6.42 Å². The Hall–Kier alpha value is -2.02. The van der Waals surface area contributed by atoms with Crippen molar-refractivity contribution in [1.29, 1.82) is 0 Å². The number of nitrogens with one attached hydrogen (secondary N) is 2. The van der Waals surface area contributed by atoms with E-state index in [1.54, 1.807) is 13.0 Å². The molecule has 0 aliphatic rings. The number of carbonyl (C=O) groups is 1. The number of hydrogen-bond donors (Lipinski definition) is 2. The van der Waals surface area contributed by atoms with Gasteiger partial charge in [0.2, 0.25) is 0 Å². The molecule has 4 heteroatoms. The van der Waals surface area contributed by atoms with E-state index in [2.05, 4.69) is 16.2 Å². The summed E-state index contributed by atoms with van der Waals surface area (Å²) in [6.45, 7) is 3.74. The zero-order valence-corrected chi connectivity index (χ0v) is 10.0. The number of terminal acetylenes is 1. The third-order valence-corrected chi connectivity index (χ3v) is 2.38. The molecule has 1 rings (SSSR count). The number of rotatable bonds is 4. The Bertz CT molecular complexity index is 497. The maximum absolute atomic E-state index is 11.8. The number of aromatic nitrogens is 1. The van der Waals surface area contributed by atoms with Gasteiger partial charge in [0.25, 0.3) is 11.5 Å². The average molecular weight is 232 g/mol. The molecule has 0 aromatic carbocycles. The van der Waals surface area contributed by atoms with Gasteiger partial charge in [0.15, 0.2) is 0 Å². The Kier molecular flexibility index (Phi) is 4.53. The standard InChI is InChI=1S/C13H16N2O2/c1-4-6-10(5-2)15-13(17)11-8-7-9(3)14-12(11)16/h2,7-8,10H,4,6H2,1,3H3,(H,14,16)(H,15,17). The second-order valence-electron chi connectivity index (χ2n) is 3.87. The zero-order valence-electron chi connectivity index (χ0n) is 10.0. The normalized spacial score (nSPS) is 11.6. The van der Waals surface area contributed by atoms with Gasteiger partial charge in [-0.05, 0) is 25.5 Å². The van der Waals surface area contributed by atoms with E-state index in [9.17, 15) is 9.59 Å². The van der Waals surface area contributed by atoms with E-state index in [0.717, 1.165) is 6.42 Å². The quantitative estimate of drug-likeness (QED) is 0.767. The van der Waals surface area contributed by atoms with Crippen molar-refractivity contribution >= 4 is 5.91 Å². The van der Waals surface area contributed by atoms with Gasteiger partial charge in [0, 0.05) is 5.69 Å². The van der Waals surface area contributed by atoms with Crippen LogP contribution in [0.3, 0.4) is 0 Å². The van der Waals surface area contributed by atoms with Crippen LogP contribution in [0.25, 0.3) is 0 Å². The molecular weight excluding hydrogens is 216 g/mol. The minimum absolute atomic E-state index is 0.0898. The van der Waals surface area contributed by atoms with Gasteiger partial charge in [-0.1, -0.05) is 19.3 Å². The fourth-order valence-corrected chi connectivity index (χ4v) is 1.47. The van der Waals surface area contributed by atoms with Gasteiger partial charge >= 0.3 is 0 Å². The lowest BCUT2D eigenvalue weighted by Gasteiger charge is -2.11. The first kappa shape index (κ1) is 13.0. The molecule has 0 spiro atoms. The van der Waals surface area contributed by atoms with Crippen molar-refractivity contribution in [2.45, 2.75) is 32.7 Å². The predicted octanol–water partition coefficient (Wildman–Crippen LogP) is 1.22. The van der Waals surface area contributed by atoms with Crippen LogP contribution in [0.1, 0.15) is 35.8 Å². The van der Waals surface area contributed by atoms with Gasteiger partial charge < -0.3 is 10.3 Å². The third-order valence-electron chi connectivity index (χ3n) is 2.38. The Balaban J connectivity index is 2.83. The Morgan fingerprint density at radius 3 is 2.82 bits per heavy atom. The lowest BCUT2D eigenvalue weighted by atomic mass is 10.1. The van der Waals surface area contributed by atoms with Gasteiger partial charge in [-0.2, -0.15) is 0 Å². The molecule has 0 aliphatic heterocycles. The average Bonchev–Trinajstić information content (AvgIpc) is 2.28. The molecule has 0 saturated carbocycles. The monoisotopic (exact) mass is 232 g/mol. The second-order valence-corrected chi connectivity index (χ2v) is 3.87. The van der Waals surface area contributed by atoms with E-state index in [0.29, 0.717) is 12.1 Å². The Labute approximate surface area is 100 Å². The summed E-state index contributed by atoms with van der Waals surface area (Å²) in [6.07, 6.45) is 6.87. The highest BCUT2D eigenvalue weighted by atomic mass is 16.2. The molecule has 1 atom stereocenters. The topological polar surface area (TPSA) is 62.0 Å². The number of aromatic amines is 1. The largest absolute Gasteiger partial charge is 0.338 e. The smallest absolute Gasteiger partial charge is 0.260 e. The molecule has 17 heavy (non-hydrogen) atoms. The van der Waals surface area contributed by atoms with Crippen LogP contribution in [0.5, 0.6) is 0 Å². The fraction of sp³-hybridized carbons (Fsp3) is 0.385. The molecule has 90 valence electrons. The van der Waals surface area contributed by atoms with Crippen molar-refractivity contribution in [1.82, 2.24) is 10.3 Å². The third kappa shape index (κ3) is 3.49.